The Balaban J connectivity index is 2.37. The molecule has 0 radical (unpaired) electrons. The Hall–Kier alpha value is -1.28. The van der Waals surface area contributed by atoms with E-state index in [1.165, 1.54) is 33.3 Å². The van der Waals surface area contributed by atoms with Gasteiger partial charge in [0.15, 0.2) is 0 Å². The van der Waals surface area contributed by atoms with E-state index < -0.39 is 0 Å². The van der Waals surface area contributed by atoms with Crippen molar-refractivity contribution >= 4 is 10.9 Å². The van der Waals surface area contributed by atoms with Gasteiger partial charge in [0.25, 0.3) is 0 Å². The Morgan fingerprint density at radius 1 is 1.25 bits per heavy atom. The van der Waals surface area contributed by atoms with Crippen molar-refractivity contribution in [3.05, 3.63) is 34.5 Å². The lowest BCUT2D eigenvalue weighted by Gasteiger charge is -2.20. The van der Waals surface area contributed by atoms with Crippen molar-refractivity contribution in [1.29, 1.82) is 0 Å². The molecule has 0 fully saturated rings. The van der Waals surface area contributed by atoms with Crippen LogP contribution in [-0.2, 0) is 6.54 Å². The molecule has 2 nitrogen and oxygen atoms in total. The average molecular weight is 214 g/mol. The van der Waals surface area contributed by atoms with Crippen molar-refractivity contribution in [3.63, 3.8) is 0 Å². The van der Waals surface area contributed by atoms with Crippen molar-refractivity contribution in [3.8, 4) is 0 Å². The van der Waals surface area contributed by atoms with Gasteiger partial charge in [-0.1, -0.05) is 19.1 Å². The summed E-state index contributed by atoms with van der Waals surface area (Å²) in [6, 6.07) is 4.51. The Bertz CT molecular complexity index is 551. The minimum absolute atomic E-state index is 0.611. The van der Waals surface area contributed by atoms with Crippen LogP contribution in [0.3, 0.4) is 0 Å². The highest BCUT2D eigenvalue weighted by atomic mass is 14.9. The van der Waals surface area contributed by atoms with Gasteiger partial charge in [0, 0.05) is 29.7 Å². The number of H-pyrrole nitrogens is 1. The standard InChI is InChI=1S/C14H18N2/c1-8-4-5-11-13-9(2)6-15-7-12(13)16-14(11)10(8)3/h4-5,9,15-16H,6-7H2,1-3H3. The summed E-state index contributed by atoms with van der Waals surface area (Å²) in [5, 5.41) is 4.88. The zero-order chi connectivity index (χ0) is 11.3. The number of fused-ring (bicyclic) bond motifs is 3. The van der Waals surface area contributed by atoms with Gasteiger partial charge in [-0.3, -0.25) is 0 Å². The molecular weight excluding hydrogens is 196 g/mol. The molecule has 2 aromatic rings. The predicted molar refractivity (Wildman–Crippen MR) is 67.9 cm³/mol. The first-order chi connectivity index (χ1) is 7.68. The largest absolute Gasteiger partial charge is 0.357 e. The van der Waals surface area contributed by atoms with Crippen LogP contribution >= 0.6 is 0 Å². The van der Waals surface area contributed by atoms with E-state index in [0.29, 0.717) is 5.92 Å². The normalized spacial score (nSPS) is 20.1. The first-order valence-electron chi connectivity index (χ1n) is 6.00. The molecular formula is C14H18N2. The van der Waals surface area contributed by atoms with Gasteiger partial charge in [0.05, 0.1) is 0 Å². The van der Waals surface area contributed by atoms with E-state index in [2.05, 4.69) is 43.2 Å². The van der Waals surface area contributed by atoms with Crippen molar-refractivity contribution in [1.82, 2.24) is 10.3 Å². The van der Waals surface area contributed by atoms with Crippen molar-refractivity contribution < 1.29 is 0 Å². The third-order valence-corrected chi connectivity index (χ3v) is 3.87. The van der Waals surface area contributed by atoms with Gasteiger partial charge in [-0.2, -0.15) is 0 Å². The van der Waals surface area contributed by atoms with E-state index in [9.17, 15) is 0 Å². The molecule has 84 valence electrons. The smallest absolute Gasteiger partial charge is 0.0491 e. The summed E-state index contributed by atoms with van der Waals surface area (Å²) in [6.07, 6.45) is 0. The van der Waals surface area contributed by atoms with E-state index in [1.54, 1.807) is 0 Å². The fourth-order valence-corrected chi connectivity index (χ4v) is 2.80. The SMILES string of the molecule is Cc1ccc2c3c([nH]c2c1C)CNCC3C. The molecule has 0 bridgehead atoms. The number of aryl methyl sites for hydroxylation is 2. The quantitative estimate of drug-likeness (QED) is 0.693. The maximum Gasteiger partial charge on any atom is 0.0491 e. The average Bonchev–Trinajstić information content (AvgIpc) is 2.64. The summed E-state index contributed by atoms with van der Waals surface area (Å²) < 4.78 is 0. The zero-order valence-corrected chi connectivity index (χ0v) is 10.1. The van der Waals surface area contributed by atoms with Crippen LogP contribution in [0.4, 0.5) is 0 Å². The van der Waals surface area contributed by atoms with Crippen molar-refractivity contribution in [2.45, 2.75) is 33.2 Å². The van der Waals surface area contributed by atoms with E-state index in [0.717, 1.165) is 13.1 Å². The van der Waals surface area contributed by atoms with Crippen LogP contribution < -0.4 is 5.32 Å². The van der Waals surface area contributed by atoms with Crippen LogP contribution in [0.5, 0.6) is 0 Å². The predicted octanol–water partition coefficient (Wildman–Crippen LogP) is 2.99. The highest BCUT2D eigenvalue weighted by Crippen LogP contribution is 2.33. The third kappa shape index (κ3) is 1.23. The number of hydrogen-bond donors (Lipinski definition) is 2. The topological polar surface area (TPSA) is 27.8 Å². The Kier molecular flexibility index (Phi) is 2.08. The molecule has 3 rings (SSSR count). The summed E-state index contributed by atoms with van der Waals surface area (Å²) in [4.78, 5) is 3.59. The van der Waals surface area contributed by atoms with Gasteiger partial charge in [0.1, 0.15) is 0 Å². The van der Waals surface area contributed by atoms with Crippen LogP contribution in [0.25, 0.3) is 10.9 Å². The van der Waals surface area contributed by atoms with Crippen LogP contribution in [0.15, 0.2) is 12.1 Å². The summed E-state index contributed by atoms with van der Waals surface area (Å²) in [6.45, 7) is 8.75. The summed E-state index contributed by atoms with van der Waals surface area (Å²) in [5.41, 5.74) is 6.99. The van der Waals surface area contributed by atoms with Crippen molar-refractivity contribution in [2.24, 2.45) is 0 Å². The minimum atomic E-state index is 0.611. The summed E-state index contributed by atoms with van der Waals surface area (Å²) in [5.74, 6) is 0.611. The molecule has 1 aliphatic rings. The van der Waals surface area contributed by atoms with Gasteiger partial charge in [0.2, 0.25) is 0 Å². The highest BCUT2D eigenvalue weighted by Gasteiger charge is 2.21. The lowest BCUT2D eigenvalue weighted by atomic mass is 9.93. The lowest BCUT2D eigenvalue weighted by molar-refractivity contribution is 0.568. The molecule has 2 N–H and O–H groups in total. The second-order valence-electron chi connectivity index (χ2n) is 4.98. The molecule has 1 aliphatic heterocycles. The van der Waals surface area contributed by atoms with Crippen LogP contribution in [0.1, 0.15) is 35.2 Å². The molecule has 0 saturated heterocycles. The monoisotopic (exact) mass is 214 g/mol. The Morgan fingerprint density at radius 2 is 2.06 bits per heavy atom. The maximum absolute atomic E-state index is 3.59. The fraction of sp³-hybridized carbons (Fsp3) is 0.429. The molecule has 0 amide bonds. The molecule has 1 aromatic carbocycles. The highest BCUT2D eigenvalue weighted by molar-refractivity contribution is 5.88. The summed E-state index contributed by atoms with van der Waals surface area (Å²) >= 11 is 0. The van der Waals surface area contributed by atoms with Gasteiger partial charge in [-0.15, -0.1) is 0 Å². The first kappa shape index (κ1) is 9.91. The molecule has 0 aliphatic carbocycles. The molecule has 16 heavy (non-hydrogen) atoms. The zero-order valence-electron chi connectivity index (χ0n) is 10.1. The molecule has 2 heterocycles. The molecule has 0 saturated carbocycles. The minimum Gasteiger partial charge on any atom is -0.357 e. The number of benzene rings is 1. The van der Waals surface area contributed by atoms with Gasteiger partial charge in [-0.05, 0) is 36.5 Å². The first-order valence-corrected chi connectivity index (χ1v) is 6.00. The lowest BCUT2D eigenvalue weighted by Crippen LogP contribution is -2.26. The van der Waals surface area contributed by atoms with Gasteiger partial charge >= 0.3 is 0 Å². The number of rotatable bonds is 0. The van der Waals surface area contributed by atoms with Crippen LogP contribution in [-0.4, -0.2) is 11.5 Å². The number of aromatic nitrogens is 1. The van der Waals surface area contributed by atoms with Crippen LogP contribution in [0, 0.1) is 13.8 Å². The third-order valence-electron chi connectivity index (χ3n) is 3.87. The maximum atomic E-state index is 3.59. The second kappa shape index (κ2) is 3.36. The fourth-order valence-electron chi connectivity index (χ4n) is 2.80. The van der Waals surface area contributed by atoms with E-state index >= 15 is 0 Å². The molecule has 1 aromatic heterocycles. The van der Waals surface area contributed by atoms with E-state index in [4.69, 9.17) is 0 Å². The molecule has 1 atom stereocenters. The Labute approximate surface area is 96.1 Å². The van der Waals surface area contributed by atoms with Crippen LogP contribution in [0.2, 0.25) is 0 Å². The molecule has 1 unspecified atom stereocenters. The van der Waals surface area contributed by atoms with E-state index in [-0.39, 0.29) is 0 Å². The summed E-state index contributed by atoms with van der Waals surface area (Å²) in [7, 11) is 0. The Morgan fingerprint density at radius 3 is 2.88 bits per heavy atom. The number of nitrogens with one attached hydrogen (secondary N) is 2. The van der Waals surface area contributed by atoms with Gasteiger partial charge < -0.3 is 10.3 Å². The number of hydrogen-bond acceptors (Lipinski definition) is 1. The van der Waals surface area contributed by atoms with E-state index in [1.807, 2.05) is 0 Å². The van der Waals surface area contributed by atoms with Gasteiger partial charge in [-0.25, -0.2) is 0 Å². The number of aromatic amines is 1. The van der Waals surface area contributed by atoms with Crippen molar-refractivity contribution in [2.75, 3.05) is 6.54 Å². The molecule has 0 spiro atoms. The second-order valence-corrected chi connectivity index (χ2v) is 4.98. The molecule has 2 heteroatoms.